The van der Waals surface area contributed by atoms with Gasteiger partial charge in [-0.25, -0.2) is 4.79 Å². The monoisotopic (exact) mass is 320 g/mol. The number of hydrogen-bond donors (Lipinski definition) is 1. The van der Waals surface area contributed by atoms with Gasteiger partial charge in [-0.15, -0.1) is 0 Å². The summed E-state index contributed by atoms with van der Waals surface area (Å²) in [6.45, 7) is 9.33. The average molecular weight is 320 g/mol. The molecule has 0 aliphatic carbocycles. The highest BCUT2D eigenvalue weighted by Gasteiger charge is 2.27. The Morgan fingerprint density at radius 1 is 1.26 bits per heavy atom. The van der Waals surface area contributed by atoms with Crippen LogP contribution in [0.1, 0.15) is 38.8 Å². The van der Waals surface area contributed by atoms with Crippen LogP contribution in [0.25, 0.3) is 0 Å². The van der Waals surface area contributed by atoms with Crippen molar-refractivity contribution in [3.05, 3.63) is 30.1 Å². The number of amides is 1. The molecule has 0 saturated carbocycles. The second-order valence-electron chi connectivity index (χ2n) is 6.89. The van der Waals surface area contributed by atoms with Crippen LogP contribution in [0.15, 0.2) is 24.5 Å². The molecular weight excluding hydrogens is 292 g/mol. The summed E-state index contributed by atoms with van der Waals surface area (Å²) >= 11 is 0. The molecule has 6 nitrogen and oxygen atoms in total. The fourth-order valence-corrected chi connectivity index (χ4v) is 2.84. The molecule has 1 unspecified atom stereocenters. The van der Waals surface area contributed by atoms with Crippen LogP contribution in [0, 0.1) is 0 Å². The van der Waals surface area contributed by atoms with E-state index in [4.69, 9.17) is 10.5 Å². The molecule has 1 aliphatic heterocycles. The van der Waals surface area contributed by atoms with Crippen molar-refractivity contribution in [3.63, 3.8) is 0 Å². The van der Waals surface area contributed by atoms with E-state index in [9.17, 15) is 4.79 Å². The van der Waals surface area contributed by atoms with Crippen LogP contribution in [0.5, 0.6) is 0 Å². The standard InChI is InChI=1S/C17H28N4O2/c1-17(2,3)23-16(22)21-10-4-9-20(11-12-21)15(13-18)14-5-7-19-8-6-14/h5-8,15H,4,9-13,18H2,1-3H3. The molecule has 0 spiro atoms. The maximum atomic E-state index is 12.2. The first-order valence-corrected chi connectivity index (χ1v) is 8.22. The normalized spacial score (nSPS) is 18.3. The fourth-order valence-electron chi connectivity index (χ4n) is 2.84. The number of aromatic nitrogens is 1. The number of pyridine rings is 1. The Morgan fingerprint density at radius 2 is 1.96 bits per heavy atom. The van der Waals surface area contributed by atoms with E-state index in [1.807, 2.05) is 32.9 Å². The van der Waals surface area contributed by atoms with Gasteiger partial charge in [0.25, 0.3) is 0 Å². The summed E-state index contributed by atoms with van der Waals surface area (Å²) in [7, 11) is 0. The molecule has 1 aromatic heterocycles. The van der Waals surface area contributed by atoms with Crippen LogP contribution in [-0.2, 0) is 4.74 Å². The van der Waals surface area contributed by atoms with Crippen LogP contribution < -0.4 is 5.73 Å². The summed E-state index contributed by atoms with van der Waals surface area (Å²) in [5.74, 6) is 0. The number of nitrogens with zero attached hydrogens (tertiary/aromatic N) is 3. The Hall–Kier alpha value is -1.66. The third-order valence-corrected chi connectivity index (χ3v) is 3.94. The van der Waals surface area contributed by atoms with E-state index in [1.54, 1.807) is 17.3 Å². The Morgan fingerprint density at radius 3 is 2.57 bits per heavy atom. The molecule has 1 amide bonds. The first kappa shape index (κ1) is 17.7. The first-order chi connectivity index (χ1) is 10.9. The summed E-state index contributed by atoms with van der Waals surface area (Å²) < 4.78 is 5.47. The third-order valence-electron chi connectivity index (χ3n) is 3.94. The van der Waals surface area contributed by atoms with Crippen molar-refractivity contribution < 1.29 is 9.53 Å². The molecule has 2 heterocycles. The van der Waals surface area contributed by atoms with Gasteiger partial charge in [0.05, 0.1) is 0 Å². The van der Waals surface area contributed by atoms with Crippen LogP contribution in [0.4, 0.5) is 4.79 Å². The lowest BCUT2D eigenvalue weighted by molar-refractivity contribution is 0.0255. The van der Waals surface area contributed by atoms with Crippen LogP contribution in [-0.4, -0.2) is 59.2 Å². The zero-order valence-corrected chi connectivity index (χ0v) is 14.4. The van der Waals surface area contributed by atoms with Gasteiger partial charge in [0.15, 0.2) is 0 Å². The maximum absolute atomic E-state index is 12.2. The van der Waals surface area contributed by atoms with Gasteiger partial charge in [0, 0.05) is 51.2 Å². The molecule has 1 saturated heterocycles. The predicted molar refractivity (Wildman–Crippen MR) is 90.0 cm³/mol. The smallest absolute Gasteiger partial charge is 0.410 e. The highest BCUT2D eigenvalue weighted by Crippen LogP contribution is 2.21. The lowest BCUT2D eigenvalue weighted by atomic mass is 10.1. The maximum Gasteiger partial charge on any atom is 0.410 e. The Bertz CT molecular complexity index is 501. The van der Waals surface area contributed by atoms with E-state index < -0.39 is 5.60 Å². The van der Waals surface area contributed by atoms with Crippen molar-refractivity contribution in [1.29, 1.82) is 0 Å². The molecule has 0 radical (unpaired) electrons. The van der Waals surface area contributed by atoms with Crippen molar-refractivity contribution in [3.8, 4) is 0 Å². The molecular formula is C17H28N4O2. The molecule has 6 heteroatoms. The van der Waals surface area contributed by atoms with E-state index in [1.165, 1.54) is 5.56 Å². The lowest BCUT2D eigenvalue weighted by Gasteiger charge is -2.30. The zero-order chi connectivity index (χ0) is 16.9. The quantitative estimate of drug-likeness (QED) is 0.922. The lowest BCUT2D eigenvalue weighted by Crippen LogP contribution is -2.40. The largest absolute Gasteiger partial charge is 0.444 e. The average Bonchev–Trinajstić information content (AvgIpc) is 2.74. The second kappa shape index (κ2) is 7.75. The molecule has 2 N–H and O–H groups in total. The topological polar surface area (TPSA) is 71.7 Å². The van der Waals surface area contributed by atoms with Crippen molar-refractivity contribution in [1.82, 2.24) is 14.8 Å². The summed E-state index contributed by atoms with van der Waals surface area (Å²) in [6, 6.07) is 4.18. The van der Waals surface area contributed by atoms with E-state index in [2.05, 4.69) is 9.88 Å². The van der Waals surface area contributed by atoms with Gasteiger partial charge >= 0.3 is 6.09 Å². The summed E-state index contributed by atoms with van der Waals surface area (Å²) in [5, 5.41) is 0. The number of carbonyl (C=O) groups excluding carboxylic acids is 1. The SMILES string of the molecule is CC(C)(C)OC(=O)N1CCCN(C(CN)c2ccncc2)CC1. The van der Waals surface area contributed by atoms with E-state index in [0.29, 0.717) is 13.1 Å². The van der Waals surface area contributed by atoms with Gasteiger partial charge in [0.2, 0.25) is 0 Å². The molecule has 0 bridgehead atoms. The highest BCUT2D eigenvalue weighted by atomic mass is 16.6. The molecule has 1 aromatic rings. The summed E-state index contributed by atoms with van der Waals surface area (Å²) in [6.07, 6.45) is 4.28. The number of hydrogen-bond acceptors (Lipinski definition) is 5. The minimum atomic E-state index is -0.458. The van der Waals surface area contributed by atoms with Gasteiger partial charge in [-0.05, 0) is 44.9 Å². The van der Waals surface area contributed by atoms with Crippen LogP contribution >= 0.6 is 0 Å². The molecule has 128 valence electrons. The minimum Gasteiger partial charge on any atom is -0.444 e. The van der Waals surface area contributed by atoms with Gasteiger partial charge < -0.3 is 15.4 Å². The Balaban J connectivity index is 1.99. The Kier molecular flexibility index (Phi) is 5.96. The van der Waals surface area contributed by atoms with Crippen LogP contribution in [0.3, 0.4) is 0 Å². The number of ether oxygens (including phenoxy) is 1. The van der Waals surface area contributed by atoms with Gasteiger partial charge in [-0.3, -0.25) is 9.88 Å². The van der Waals surface area contributed by atoms with Crippen molar-refractivity contribution in [2.45, 2.75) is 38.8 Å². The van der Waals surface area contributed by atoms with E-state index in [0.717, 1.165) is 26.1 Å². The second-order valence-corrected chi connectivity index (χ2v) is 6.89. The number of nitrogens with two attached hydrogens (primary N) is 1. The predicted octanol–water partition coefficient (Wildman–Crippen LogP) is 2.02. The van der Waals surface area contributed by atoms with E-state index >= 15 is 0 Å². The molecule has 1 fully saturated rings. The Labute approximate surface area is 138 Å². The van der Waals surface area contributed by atoms with Crippen molar-refractivity contribution >= 4 is 6.09 Å². The fraction of sp³-hybridized carbons (Fsp3) is 0.647. The molecule has 1 atom stereocenters. The summed E-state index contributed by atoms with van der Waals surface area (Å²) in [5.41, 5.74) is 6.71. The molecule has 1 aliphatic rings. The highest BCUT2D eigenvalue weighted by molar-refractivity contribution is 5.68. The van der Waals surface area contributed by atoms with Crippen molar-refractivity contribution in [2.75, 3.05) is 32.7 Å². The minimum absolute atomic E-state index is 0.164. The van der Waals surface area contributed by atoms with Gasteiger partial charge in [0.1, 0.15) is 5.60 Å². The first-order valence-electron chi connectivity index (χ1n) is 8.22. The number of rotatable bonds is 3. The molecule has 0 aromatic carbocycles. The van der Waals surface area contributed by atoms with Gasteiger partial charge in [-0.2, -0.15) is 0 Å². The summed E-state index contributed by atoms with van der Waals surface area (Å²) in [4.78, 5) is 20.4. The number of carbonyl (C=O) groups is 1. The van der Waals surface area contributed by atoms with Crippen LogP contribution in [0.2, 0.25) is 0 Å². The molecule has 2 rings (SSSR count). The zero-order valence-electron chi connectivity index (χ0n) is 14.4. The van der Waals surface area contributed by atoms with Gasteiger partial charge in [-0.1, -0.05) is 0 Å². The third kappa shape index (κ3) is 5.18. The van der Waals surface area contributed by atoms with E-state index in [-0.39, 0.29) is 12.1 Å². The van der Waals surface area contributed by atoms with Crippen molar-refractivity contribution in [2.24, 2.45) is 5.73 Å². The molecule has 23 heavy (non-hydrogen) atoms.